The fourth-order valence-electron chi connectivity index (χ4n) is 4.13. The number of benzene rings is 1. The molecule has 162 valence electrons. The molecule has 2 aromatic rings. The average molecular weight is 429 g/mol. The molecule has 1 aromatic heterocycles. The zero-order chi connectivity index (χ0) is 21.5. The number of rotatable bonds is 9. The van der Waals surface area contributed by atoms with Gasteiger partial charge in [-0.2, -0.15) is 0 Å². The number of nitrogens with zero attached hydrogens (tertiary/aromatic N) is 2. The fourth-order valence-corrected chi connectivity index (χ4v) is 5.03. The van der Waals surface area contributed by atoms with Crippen molar-refractivity contribution in [3.8, 4) is 0 Å². The highest BCUT2D eigenvalue weighted by Crippen LogP contribution is 2.38. The van der Waals surface area contributed by atoms with Crippen LogP contribution in [-0.2, 0) is 20.7 Å². The largest absolute Gasteiger partial charge is 0.375 e. The van der Waals surface area contributed by atoms with Crippen LogP contribution in [0.1, 0.15) is 53.8 Å². The lowest BCUT2D eigenvalue weighted by Crippen LogP contribution is -2.47. The Hall–Kier alpha value is -2.18. The van der Waals surface area contributed by atoms with Crippen LogP contribution in [0.3, 0.4) is 0 Å². The van der Waals surface area contributed by atoms with Crippen molar-refractivity contribution in [2.45, 2.75) is 45.6 Å². The summed E-state index contributed by atoms with van der Waals surface area (Å²) in [7, 11) is 1.51. The van der Waals surface area contributed by atoms with E-state index in [-0.39, 0.29) is 31.0 Å². The van der Waals surface area contributed by atoms with E-state index >= 15 is 0 Å². The molecule has 1 aromatic carbocycles. The Morgan fingerprint density at radius 3 is 2.73 bits per heavy atom. The summed E-state index contributed by atoms with van der Waals surface area (Å²) in [5.74, 6) is -0.122. The number of hydrogen-bond acceptors (Lipinski definition) is 4. The number of fused-ring (bicyclic) bond motifs is 1. The Balaban J connectivity index is 1.85. The summed E-state index contributed by atoms with van der Waals surface area (Å²) in [4.78, 5) is 31.0. The molecule has 0 N–H and O–H groups in total. The second-order valence-electron chi connectivity index (χ2n) is 7.85. The predicted molar refractivity (Wildman–Crippen MR) is 121 cm³/mol. The smallest absolute Gasteiger partial charge is 0.249 e. The third-order valence-corrected chi connectivity index (χ3v) is 6.74. The molecule has 0 saturated heterocycles. The van der Waals surface area contributed by atoms with E-state index in [0.29, 0.717) is 13.1 Å². The second-order valence-corrected chi connectivity index (χ2v) is 8.85. The van der Waals surface area contributed by atoms with Gasteiger partial charge in [0.1, 0.15) is 6.61 Å². The molecule has 0 unspecified atom stereocenters. The standard InChI is InChI=1S/C24H32N2O3S/c1-4-5-8-13-25(23(28)17-29-3)16-22(27)26-14-11-21-20(12-15-30-21)24(26)19-10-7-6-9-18(19)2/h6-7,9-10,12,15,24H,4-5,8,11,13-14,16-17H2,1-3H3/t24-/m0/s1. The summed E-state index contributed by atoms with van der Waals surface area (Å²) in [6, 6.07) is 10.3. The van der Waals surface area contributed by atoms with E-state index in [9.17, 15) is 9.59 Å². The van der Waals surface area contributed by atoms with Crippen molar-refractivity contribution in [2.75, 3.05) is 33.4 Å². The van der Waals surface area contributed by atoms with Crippen molar-refractivity contribution in [3.05, 3.63) is 57.3 Å². The molecule has 0 bridgehead atoms. The van der Waals surface area contributed by atoms with Gasteiger partial charge in [0.05, 0.1) is 12.6 Å². The predicted octanol–water partition coefficient (Wildman–Crippen LogP) is 4.20. The van der Waals surface area contributed by atoms with Crippen molar-refractivity contribution in [3.63, 3.8) is 0 Å². The maximum absolute atomic E-state index is 13.5. The van der Waals surface area contributed by atoms with Crippen LogP contribution in [0.2, 0.25) is 0 Å². The second kappa shape index (κ2) is 10.7. The van der Waals surface area contributed by atoms with Crippen molar-refractivity contribution >= 4 is 23.2 Å². The first-order valence-corrected chi connectivity index (χ1v) is 11.6. The van der Waals surface area contributed by atoms with Gasteiger partial charge in [0.25, 0.3) is 0 Å². The minimum Gasteiger partial charge on any atom is -0.375 e. The molecular formula is C24H32N2O3S. The van der Waals surface area contributed by atoms with Crippen LogP contribution in [0.4, 0.5) is 0 Å². The van der Waals surface area contributed by atoms with Gasteiger partial charge in [0.15, 0.2) is 0 Å². The number of carbonyl (C=O) groups excluding carboxylic acids is 2. The van der Waals surface area contributed by atoms with Crippen molar-refractivity contribution < 1.29 is 14.3 Å². The van der Waals surface area contributed by atoms with Crippen LogP contribution < -0.4 is 0 Å². The van der Waals surface area contributed by atoms with Crippen LogP contribution in [-0.4, -0.2) is 55.0 Å². The van der Waals surface area contributed by atoms with Crippen LogP contribution in [0.25, 0.3) is 0 Å². The molecule has 3 rings (SSSR count). The molecule has 2 amide bonds. The van der Waals surface area contributed by atoms with Gasteiger partial charge in [0, 0.05) is 25.1 Å². The van der Waals surface area contributed by atoms with Gasteiger partial charge >= 0.3 is 0 Å². The molecule has 1 aliphatic heterocycles. The SMILES string of the molecule is CCCCCN(CC(=O)N1CCc2sccc2[C@@H]1c1ccccc1C)C(=O)COC. The zero-order valence-electron chi connectivity index (χ0n) is 18.2. The summed E-state index contributed by atoms with van der Waals surface area (Å²) >= 11 is 1.76. The minimum absolute atomic E-state index is 0.000976. The molecule has 0 fully saturated rings. The van der Waals surface area contributed by atoms with Crippen LogP contribution >= 0.6 is 11.3 Å². The van der Waals surface area contributed by atoms with Crippen LogP contribution in [0, 0.1) is 6.92 Å². The Bertz CT molecular complexity index is 864. The molecule has 2 heterocycles. The van der Waals surface area contributed by atoms with Crippen LogP contribution in [0.5, 0.6) is 0 Å². The molecule has 1 atom stereocenters. The number of thiophene rings is 1. The fraction of sp³-hybridized carbons (Fsp3) is 0.500. The van der Waals surface area contributed by atoms with Crippen molar-refractivity contribution in [1.82, 2.24) is 9.80 Å². The van der Waals surface area contributed by atoms with Gasteiger partial charge in [-0.1, -0.05) is 44.0 Å². The van der Waals surface area contributed by atoms with Gasteiger partial charge in [-0.3, -0.25) is 9.59 Å². The third-order valence-electron chi connectivity index (χ3n) is 5.75. The first kappa shape index (κ1) is 22.5. The lowest BCUT2D eigenvalue weighted by atomic mass is 9.90. The highest BCUT2D eigenvalue weighted by molar-refractivity contribution is 7.10. The monoisotopic (exact) mass is 428 g/mol. The van der Waals surface area contributed by atoms with Gasteiger partial charge in [0.2, 0.25) is 11.8 Å². The maximum Gasteiger partial charge on any atom is 0.249 e. The van der Waals surface area contributed by atoms with Gasteiger partial charge in [-0.15, -0.1) is 11.3 Å². The normalized spacial score (nSPS) is 15.7. The molecule has 30 heavy (non-hydrogen) atoms. The highest BCUT2D eigenvalue weighted by Gasteiger charge is 2.34. The van der Waals surface area contributed by atoms with Gasteiger partial charge < -0.3 is 14.5 Å². The molecule has 5 nitrogen and oxygen atoms in total. The summed E-state index contributed by atoms with van der Waals surface area (Å²) in [5, 5.41) is 2.11. The molecule has 0 saturated carbocycles. The number of aryl methyl sites for hydroxylation is 1. The average Bonchev–Trinajstić information content (AvgIpc) is 3.22. The number of hydrogen-bond donors (Lipinski definition) is 0. The first-order valence-electron chi connectivity index (χ1n) is 10.7. The number of carbonyl (C=O) groups is 2. The Morgan fingerprint density at radius 1 is 1.20 bits per heavy atom. The molecule has 0 radical (unpaired) electrons. The van der Waals surface area contributed by atoms with E-state index in [1.165, 1.54) is 23.1 Å². The number of unbranched alkanes of at least 4 members (excludes halogenated alkanes) is 2. The van der Waals surface area contributed by atoms with Gasteiger partial charge in [-0.25, -0.2) is 0 Å². The van der Waals surface area contributed by atoms with E-state index in [4.69, 9.17) is 4.74 Å². The molecule has 1 aliphatic rings. The van der Waals surface area contributed by atoms with E-state index in [2.05, 4.69) is 37.4 Å². The molecular weight excluding hydrogens is 396 g/mol. The van der Waals surface area contributed by atoms with E-state index in [0.717, 1.165) is 31.2 Å². The highest BCUT2D eigenvalue weighted by atomic mass is 32.1. The van der Waals surface area contributed by atoms with Crippen molar-refractivity contribution in [1.29, 1.82) is 0 Å². The third kappa shape index (κ3) is 5.10. The van der Waals surface area contributed by atoms with Crippen LogP contribution in [0.15, 0.2) is 35.7 Å². The zero-order valence-corrected chi connectivity index (χ0v) is 19.0. The summed E-state index contributed by atoms with van der Waals surface area (Å²) in [5.41, 5.74) is 3.55. The first-order chi connectivity index (χ1) is 14.6. The minimum atomic E-state index is -0.123. The molecule has 6 heteroatoms. The number of methoxy groups -OCH3 is 1. The quantitative estimate of drug-likeness (QED) is 0.563. The lowest BCUT2D eigenvalue weighted by Gasteiger charge is -2.38. The number of ether oxygens (including phenoxy) is 1. The summed E-state index contributed by atoms with van der Waals surface area (Å²) < 4.78 is 5.05. The topological polar surface area (TPSA) is 49.9 Å². The molecule has 0 aliphatic carbocycles. The lowest BCUT2D eigenvalue weighted by molar-refractivity contribution is -0.143. The van der Waals surface area contributed by atoms with Crippen molar-refractivity contribution in [2.24, 2.45) is 0 Å². The Kier molecular flexibility index (Phi) is 8.05. The summed E-state index contributed by atoms with van der Waals surface area (Å²) in [6.07, 6.45) is 3.87. The number of amides is 2. The van der Waals surface area contributed by atoms with E-state index in [1.807, 2.05) is 17.0 Å². The Labute approximate surface area is 183 Å². The van der Waals surface area contributed by atoms with E-state index < -0.39 is 0 Å². The van der Waals surface area contributed by atoms with E-state index in [1.54, 1.807) is 16.2 Å². The van der Waals surface area contributed by atoms with Gasteiger partial charge in [-0.05, 0) is 47.9 Å². The molecule has 0 spiro atoms. The summed E-state index contributed by atoms with van der Waals surface area (Å²) in [6.45, 7) is 5.60. The Morgan fingerprint density at radius 2 is 2.00 bits per heavy atom. The maximum atomic E-state index is 13.5.